The topological polar surface area (TPSA) is 37.3 Å². The molecule has 0 spiro atoms. The first-order valence-electron chi connectivity index (χ1n) is 6.58. The summed E-state index contributed by atoms with van der Waals surface area (Å²) < 4.78 is 14.3. The van der Waals surface area contributed by atoms with E-state index in [9.17, 15) is 14.3 Å². The molecule has 0 aromatic heterocycles. The molecule has 20 heavy (non-hydrogen) atoms. The van der Waals surface area contributed by atoms with Gasteiger partial charge in [-0.3, -0.25) is 4.79 Å². The lowest BCUT2D eigenvalue weighted by molar-refractivity contribution is -0.143. The highest BCUT2D eigenvalue weighted by Gasteiger charge is 2.33. The maximum atomic E-state index is 14.3. The molecule has 2 aromatic carbocycles. The molecule has 3 heteroatoms. The van der Waals surface area contributed by atoms with Gasteiger partial charge in [0.15, 0.2) is 0 Å². The molecule has 1 N–H and O–H groups in total. The van der Waals surface area contributed by atoms with Crippen LogP contribution in [-0.4, -0.2) is 11.1 Å². The molecule has 2 rings (SSSR count). The van der Waals surface area contributed by atoms with Crippen LogP contribution in [0.15, 0.2) is 48.5 Å². The largest absolute Gasteiger partial charge is 0.481 e. The maximum Gasteiger partial charge on any atom is 0.313 e. The van der Waals surface area contributed by atoms with Crippen molar-refractivity contribution in [1.29, 1.82) is 0 Å². The van der Waals surface area contributed by atoms with Gasteiger partial charge in [0.2, 0.25) is 0 Å². The summed E-state index contributed by atoms with van der Waals surface area (Å²) in [5, 5.41) is 9.34. The third-order valence-corrected chi connectivity index (χ3v) is 3.87. The molecule has 0 saturated carbocycles. The summed E-state index contributed by atoms with van der Waals surface area (Å²) in [5.74, 6) is -1.33. The zero-order valence-electron chi connectivity index (χ0n) is 11.6. The number of aliphatic carboxylic acids is 1. The van der Waals surface area contributed by atoms with E-state index in [2.05, 4.69) is 0 Å². The van der Waals surface area contributed by atoms with Gasteiger partial charge >= 0.3 is 5.97 Å². The average Bonchev–Trinajstić information content (AvgIpc) is 2.47. The SMILES string of the molecule is CCC(C)(C(=O)O)c1ccc(-c2ccccc2)c(F)c1. The summed E-state index contributed by atoms with van der Waals surface area (Å²) in [7, 11) is 0. The van der Waals surface area contributed by atoms with Crippen molar-refractivity contribution in [2.45, 2.75) is 25.7 Å². The molecule has 0 radical (unpaired) electrons. The Balaban J connectivity index is 2.48. The van der Waals surface area contributed by atoms with E-state index in [-0.39, 0.29) is 0 Å². The van der Waals surface area contributed by atoms with Gasteiger partial charge in [0.25, 0.3) is 0 Å². The van der Waals surface area contributed by atoms with Crippen molar-refractivity contribution in [2.75, 3.05) is 0 Å². The van der Waals surface area contributed by atoms with Crippen LogP contribution in [0.2, 0.25) is 0 Å². The number of carbonyl (C=O) groups is 1. The third-order valence-electron chi connectivity index (χ3n) is 3.87. The molecular formula is C17H17FO2. The minimum absolute atomic E-state index is 0.394. The number of benzene rings is 2. The Hall–Kier alpha value is -2.16. The second-order valence-corrected chi connectivity index (χ2v) is 5.05. The number of hydrogen-bond acceptors (Lipinski definition) is 1. The minimum Gasteiger partial charge on any atom is -0.481 e. The highest BCUT2D eigenvalue weighted by Crippen LogP contribution is 2.31. The fraction of sp³-hybridized carbons (Fsp3) is 0.235. The minimum atomic E-state index is -1.06. The van der Waals surface area contributed by atoms with Gasteiger partial charge in [-0.1, -0.05) is 49.4 Å². The molecule has 0 aliphatic rings. The van der Waals surface area contributed by atoms with Gasteiger partial charge in [-0.05, 0) is 30.5 Å². The first-order valence-corrected chi connectivity index (χ1v) is 6.58. The van der Waals surface area contributed by atoms with Gasteiger partial charge < -0.3 is 5.11 Å². The summed E-state index contributed by atoms with van der Waals surface area (Å²) in [6.07, 6.45) is 0.409. The van der Waals surface area contributed by atoms with Crippen LogP contribution >= 0.6 is 0 Å². The Labute approximate surface area is 117 Å². The predicted octanol–water partition coefficient (Wildman–Crippen LogP) is 4.25. The first-order chi connectivity index (χ1) is 9.49. The van der Waals surface area contributed by atoms with E-state index in [0.717, 1.165) is 5.56 Å². The quantitative estimate of drug-likeness (QED) is 0.903. The van der Waals surface area contributed by atoms with Crippen molar-refractivity contribution >= 4 is 5.97 Å². The van der Waals surface area contributed by atoms with Gasteiger partial charge in [-0.15, -0.1) is 0 Å². The van der Waals surface area contributed by atoms with Crippen LogP contribution in [0, 0.1) is 5.82 Å². The van der Waals surface area contributed by atoms with Crippen LogP contribution in [0.5, 0.6) is 0 Å². The lowest BCUT2D eigenvalue weighted by Crippen LogP contribution is -2.31. The molecule has 1 atom stereocenters. The van der Waals surface area contributed by atoms with Gasteiger partial charge in [0, 0.05) is 5.56 Å². The third kappa shape index (κ3) is 2.44. The molecule has 1 unspecified atom stereocenters. The van der Waals surface area contributed by atoms with Crippen molar-refractivity contribution in [3.05, 3.63) is 59.9 Å². The van der Waals surface area contributed by atoms with E-state index < -0.39 is 17.2 Å². The fourth-order valence-electron chi connectivity index (χ4n) is 2.19. The number of carboxylic acid groups (broad SMARTS) is 1. The fourth-order valence-corrected chi connectivity index (χ4v) is 2.19. The van der Waals surface area contributed by atoms with E-state index in [0.29, 0.717) is 17.5 Å². The molecule has 0 aliphatic heterocycles. The van der Waals surface area contributed by atoms with Crippen molar-refractivity contribution < 1.29 is 14.3 Å². The van der Waals surface area contributed by atoms with E-state index in [1.807, 2.05) is 30.3 Å². The standard InChI is InChI=1S/C17H17FO2/c1-3-17(2,16(19)20)13-9-10-14(15(18)11-13)12-7-5-4-6-8-12/h4-11H,3H2,1-2H3,(H,19,20). The van der Waals surface area contributed by atoms with Crippen molar-refractivity contribution in [3.8, 4) is 11.1 Å². The molecular weight excluding hydrogens is 255 g/mol. The summed E-state index contributed by atoms with van der Waals surface area (Å²) >= 11 is 0. The van der Waals surface area contributed by atoms with Crippen LogP contribution in [0.25, 0.3) is 11.1 Å². The Morgan fingerprint density at radius 3 is 2.35 bits per heavy atom. The van der Waals surface area contributed by atoms with Gasteiger partial charge in [0.05, 0.1) is 5.41 Å². The Bertz CT molecular complexity index is 622. The van der Waals surface area contributed by atoms with Crippen LogP contribution in [0.3, 0.4) is 0 Å². The molecule has 0 aliphatic carbocycles. The molecule has 104 valence electrons. The second kappa shape index (κ2) is 5.45. The summed E-state index contributed by atoms with van der Waals surface area (Å²) in [6.45, 7) is 3.41. The van der Waals surface area contributed by atoms with Crippen molar-refractivity contribution in [3.63, 3.8) is 0 Å². The first kappa shape index (κ1) is 14.3. The van der Waals surface area contributed by atoms with Gasteiger partial charge in [-0.2, -0.15) is 0 Å². The Morgan fingerprint density at radius 2 is 1.85 bits per heavy atom. The number of hydrogen-bond donors (Lipinski definition) is 1. The smallest absolute Gasteiger partial charge is 0.313 e. The monoisotopic (exact) mass is 272 g/mol. The summed E-state index contributed by atoms with van der Waals surface area (Å²) in [4.78, 5) is 11.4. The number of rotatable bonds is 4. The molecule has 0 amide bonds. The molecule has 0 fully saturated rings. The van der Waals surface area contributed by atoms with Crippen LogP contribution in [0.1, 0.15) is 25.8 Å². The molecule has 0 heterocycles. The van der Waals surface area contributed by atoms with E-state index in [1.165, 1.54) is 6.07 Å². The molecule has 0 bridgehead atoms. The van der Waals surface area contributed by atoms with E-state index >= 15 is 0 Å². The Morgan fingerprint density at radius 1 is 1.20 bits per heavy atom. The van der Waals surface area contributed by atoms with Crippen LogP contribution < -0.4 is 0 Å². The highest BCUT2D eigenvalue weighted by molar-refractivity contribution is 5.81. The maximum absolute atomic E-state index is 14.3. The van der Waals surface area contributed by atoms with Gasteiger partial charge in [-0.25, -0.2) is 4.39 Å². The lowest BCUT2D eigenvalue weighted by atomic mass is 9.79. The number of carboxylic acids is 1. The van der Waals surface area contributed by atoms with Gasteiger partial charge in [0.1, 0.15) is 5.82 Å². The summed E-state index contributed by atoms with van der Waals surface area (Å²) in [6, 6.07) is 13.9. The highest BCUT2D eigenvalue weighted by atomic mass is 19.1. The van der Waals surface area contributed by atoms with E-state index in [4.69, 9.17) is 0 Å². The molecule has 2 aromatic rings. The molecule has 2 nitrogen and oxygen atoms in total. The zero-order chi connectivity index (χ0) is 14.8. The van der Waals surface area contributed by atoms with Crippen LogP contribution in [-0.2, 0) is 10.2 Å². The Kier molecular flexibility index (Phi) is 3.89. The average molecular weight is 272 g/mol. The van der Waals surface area contributed by atoms with Crippen molar-refractivity contribution in [2.24, 2.45) is 0 Å². The van der Waals surface area contributed by atoms with Crippen LogP contribution in [0.4, 0.5) is 4.39 Å². The van der Waals surface area contributed by atoms with E-state index in [1.54, 1.807) is 26.0 Å². The number of halogens is 1. The normalized spacial score (nSPS) is 13.8. The van der Waals surface area contributed by atoms with Crippen molar-refractivity contribution in [1.82, 2.24) is 0 Å². The zero-order valence-corrected chi connectivity index (χ0v) is 11.6. The lowest BCUT2D eigenvalue weighted by Gasteiger charge is -2.24. The predicted molar refractivity (Wildman–Crippen MR) is 77.1 cm³/mol. The second-order valence-electron chi connectivity index (χ2n) is 5.05. The summed E-state index contributed by atoms with van der Waals surface area (Å²) in [5.41, 5.74) is 0.698. The molecule has 0 saturated heterocycles.